The fraction of sp³-hybridized carbons (Fsp3) is 0.250. The van der Waals surface area contributed by atoms with Crippen LogP contribution in [0.4, 0.5) is 0 Å². The molecular formula is C16H16N2O6. The van der Waals surface area contributed by atoms with Crippen molar-refractivity contribution in [1.82, 2.24) is 10.2 Å². The third-order valence-electron chi connectivity index (χ3n) is 3.48. The van der Waals surface area contributed by atoms with Gasteiger partial charge in [0.1, 0.15) is 0 Å². The normalized spacial score (nSPS) is 14.3. The second-order valence-corrected chi connectivity index (χ2v) is 5.12. The molecule has 1 atom stereocenters. The quantitative estimate of drug-likeness (QED) is 0.422. The maximum Gasteiger partial charge on any atom is 0.328 e. The van der Waals surface area contributed by atoms with Gasteiger partial charge in [-0.25, -0.2) is 4.79 Å². The van der Waals surface area contributed by atoms with Gasteiger partial charge in [-0.1, -0.05) is 6.08 Å². The molecule has 126 valence electrons. The first kappa shape index (κ1) is 17.4. The van der Waals surface area contributed by atoms with Gasteiger partial charge in [-0.15, -0.1) is 6.58 Å². The maximum atomic E-state index is 12.2. The lowest BCUT2D eigenvalue weighted by Gasteiger charge is -2.14. The van der Waals surface area contributed by atoms with Gasteiger partial charge in [0.15, 0.2) is 6.04 Å². The van der Waals surface area contributed by atoms with Crippen LogP contribution in [-0.2, 0) is 9.53 Å². The van der Waals surface area contributed by atoms with Gasteiger partial charge < -0.3 is 15.2 Å². The average Bonchev–Trinajstić information content (AvgIpc) is 2.78. The van der Waals surface area contributed by atoms with Crippen LogP contribution in [-0.4, -0.2) is 60.0 Å². The number of rotatable bonds is 7. The highest BCUT2D eigenvalue weighted by Gasteiger charge is 2.33. The van der Waals surface area contributed by atoms with Crippen LogP contribution in [0.5, 0.6) is 0 Å². The third-order valence-corrected chi connectivity index (χ3v) is 3.48. The number of carboxylic acid groups (broad SMARTS) is 1. The van der Waals surface area contributed by atoms with E-state index in [1.54, 1.807) is 0 Å². The molecule has 0 radical (unpaired) electrons. The van der Waals surface area contributed by atoms with Gasteiger partial charge in [0.2, 0.25) is 0 Å². The molecule has 1 heterocycles. The molecule has 1 unspecified atom stereocenters. The van der Waals surface area contributed by atoms with E-state index in [2.05, 4.69) is 11.9 Å². The fourth-order valence-corrected chi connectivity index (χ4v) is 2.19. The first-order chi connectivity index (χ1) is 11.4. The highest BCUT2D eigenvalue weighted by molar-refractivity contribution is 6.21. The second kappa shape index (κ2) is 7.05. The van der Waals surface area contributed by atoms with Crippen LogP contribution in [0.2, 0.25) is 0 Å². The molecule has 0 saturated heterocycles. The first-order valence-corrected chi connectivity index (χ1v) is 7.05. The third kappa shape index (κ3) is 3.33. The highest BCUT2D eigenvalue weighted by Crippen LogP contribution is 2.22. The molecule has 0 aromatic heterocycles. The molecule has 24 heavy (non-hydrogen) atoms. The summed E-state index contributed by atoms with van der Waals surface area (Å²) in [6.45, 7) is 3.37. The lowest BCUT2D eigenvalue weighted by atomic mass is 10.0. The molecular weight excluding hydrogens is 316 g/mol. The van der Waals surface area contributed by atoms with Gasteiger partial charge >= 0.3 is 5.97 Å². The zero-order chi connectivity index (χ0) is 17.9. The molecule has 0 spiro atoms. The van der Waals surface area contributed by atoms with Crippen molar-refractivity contribution in [3.63, 3.8) is 0 Å². The van der Waals surface area contributed by atoms with Crippen molar-refractivity contribution in [3.8, 4) is 0 Å². The monoisotopic (exact) mass is 332 g/mol. The van der Waals surface area contributed by atoms with E-state index in [1.807, 2.05) is 0 Å². The predicted molar refractivity (Wildman–Crippen MR) is 82.8 cm³/mol. The molecule has 8 nitrogen and oxygen atoms in total. The maximum absolute atomic E-state index is 12.2. The van der Waals surface area contributed by atoms with Crippen molar-refractivity contribution in [1.29, 1.82) is 0 Å². The molecule has 1 aliphatic rings. The molecule has 0 saturated carbocycles. The lowest BCUT2D eigenvalue weighted by Crippen LogP contribution is -2.44. The largest absolute Gasteiger partial charge is 0.480 e. The average molecular weight is 332 g/mol. The molecule has 1 aromatic rings. The fourth-order valence-electron chi connectivity index (χ4n) is 2.19. The molecule has 3 amide bonds. The smallest absolute Gasteiger partial charge is 0.328 e. The Morgan fingerprint density at radius 3 is 2.62 bits per heavy atom. The number of hydrogen-bond donors (Lipinski definition) is 2. The standard InChI is InChI=1S/C16H16N2O6/c1-3-6-24-8-12(16(22)23)17-13(19)9-4-5-10-11(7-9)15(21)18(2)14(10)20/h3-5,7,12H,1,6,8H2,2H3,(H,17,19)(H,22,23). The zero-order valence-corrected chi connectivity index (χ0v) is 12.9. The minimum Gasteiger partial charge on any atom is -0.480 e. The summed E-state index contributed by atoms with van der Waals surface area (Å²) in [4.78, 5) is 48.1. The lowest BCUT2D eigenvalue weighted by molar-refractivity contribution is -0.140. The number of carbonyl (C=O) groups is 4. The van der Waals surface area contributed by atoms with E-state index in [-0.39, 0.29) is 29.9 Å². The topological polar surface area (TPSA) is 113 Å². The summed E-state index contributed by atoms with van der Waals surface area (Å²) in [6.07, 6.45) is 1.46. The Bertz CT molecular complexity index is 727. The summed E-state index contributed by atoms with van der Waals surface area (Å²) in [7, 11) is 1.35. The number of nitrogens with one attached hydrogen (secondary N) is 1. The highest BCUT2D eigenvalue weighted by atomic mass is 16.5. The van der Waals surface area contributed by atoms with Crippen molar-refractivity contribution in [2.75, 3.05) is 20.3 Å². The van der Waals surface area contributed by atoms with E-state index in [4.69, 9.17) is 9.84 Å². The van der Waals surface area contributed by atoms with Gasteiger partial charge in [-0.05, 0) is 18.2 Å². The van der Waals surface area contributed by atoms with Gasteiger partial charge in [0, 0.05) is 12.6 Å². The molecule has 0 fully saturated rings. The first-order valence-electron chi connectivity index (χ1n) is 7.05. The van der Waals surface area contributed by atoms with Crippen molar-refractivity contribution < 1.29 is 29.0 Å². The van der Waals surface area contributed by atoms with Crippen LogP contribution in [0.15, 0.2) is 30.9 Å². The Kier molecular flexibility index (Phi) is 5.10. The number of ether oxygens (including phenoxy) is 1. The van der Waals surface area contributed by atoms with Gasteiger partial charge in [0.05, 0.1) is 24.3 Å². The van der Waals surface area contributed by atoms with E-state index >= 15 is 0 Å². The number of carbonyl (C=O) groups excluding carboxylic acids is 3. The van der Waals surface area contributed by atoms with Crippen LogP contribution in [0.3, 0.4) is 0 Å². The summed E-state index contributed by atoms with van der Waals surface area (Å²) < 4.78 is 5.04. The van der Waals surface area contributed by atoms with Gasteiger partial charge in [-0.3, -0.25) is 19.3 Å². The number of fused-ring (bicyclic) bond motifs is 1. The molecule has 1 aliphatic heterocycles. The van der Waals surface area contributed by atoms with Crippen LogP contribution in [0.25, 0.3) is 0 Å². The Labute approximate surface area is 137 Å². The molecule has 8 heteroatoms. The number of benzene rings is 1. The van der Waals surface area contributed by atoms with E-state index in [1.165, 1.54) is 31.3 Å². The SMILES string of the molecule is C=CCOCC(NC(=O)c1ccc2c(c1)C(=O)N(C)C2=O)C(=O)O. The molecule has 2 N–H and O–H groups in total. The second-order valence-electron chi connectivity index (χ2n) is 5.12. The van der Waals surface area contributed by atoms with Crippen molar-refractivity contribution in [3.05, 3.63) is 47.5 Å². The summed E-state index contributed by atoms with van der Waals surface area (Å²) >= 11 is 0. The number of carboxylic acids is 1. The number of hydrogen-bond acceptors (Lipinski definition) is 5. The van der Waals surface area contributed by atoms with E-state index in [0.29, 0.717) is 0 Å². The van der Waals surface area contributed by atoms with Gasteiger partial charge in [-0.2, -0.15) is 0 Å². The summed E-state index contributed by atoms with van der Waals surface area (Å²) in [5, 5.41) is 11.4. The summed E-state index contributed by atoms with van der Waals surface area (Å²) in [6, 6.07) is 2.77. The van der Waals surface area contributed by atoms with Gasteiger partial charge in [0.25, 0.3) is 17.7 Å². The summed E-state index contributed by atoms with van der Waals surface area (Å²) in [5.74, 6) is -2.88. The Hall–Kier alpha value is -3.00. The predicted octanol–water partition coefficient (Wildman–Crippen LogP) is 0.298. The number of nitrogens with zero attached hydrogens (tertiary/aromatic N) is 1. The van der Waals surface area contributed by atoms with Crippen molar-refractivity contribution in [2.24, 2.45) is 0 Å². The van der Waals surface area contributed by atoms with Crippen LogP contribution in [0, 0.1) is 0 Å². The minimum absolute atomic E-state index is 0.0835. The summed E-state index contributed by atoms with van der Waals surface area (Å²) in [5.41, 5.74) is 0.410. The number of imide groups is 1. The molecule has 0 bridgehead atoms. The van der Waals surface area contributed by atoms with Crippen molar-refractivity contribution in [2.45, 2.75) is 6.04 Å². The molecule has 0 aliphatic carbocycles. The molecule has 1 aromatic carbocycles. The minimum atomic E-state index is -1.25. The van der Waals surface area contributed by atoms with Crippen LogP contribution in [0.1, 0.15) is 31.1 Å². The number of amides is 3. The Balaban J connectivity index is 2.15. The Morgan fingerprint density at radius 2 is 2.00 bits per heavy atom. The zero-order valence-electron chi connectivity index (χ0n) is 12.9. The molecule has 2 rings (SSSR count). The van der Waals surface area contributed by atoms with E-state index in [9.17, 15) is 19.2 Å². The van der Waals surface area contributed by atoms with Crippen LogP contribution >= 0.6 is 0 Å². The van der Waals surface area contributed by atoms with E-state index in [0.717, 1.165) is 4.90 Å². The number of aliphatic carboxylic acids is 1. The van der Waals surface area contributed by atoms with Crippen molar-refractivity contribution >= 4 is 23.7 Å². The van der Waals surface area contributed by atoms with E-state index < -0.39 is 29.7 Å². The Morgan fingerprint density at radius 1 is 1.33 bits per heavy atom. The van der Waals surface area contributed by atoms with Crippen LogP contribution < -0.4 is 5.32 Å².